The van der Waals surface area contributed by atoms with Gasteiger partial charge < -0.3 is 14.6 Å². The van der Waals surface area contributed by atoms with Crippen LogP contribution >= 0.6 is 0 Å². The fourth-order valence-electron chi connectivity index (χ4n) is 2.22. The first-order valence-corrected chi connectivity index (χ1v) is 5.39. The van der Waals surface area contributed by atoms with Gasteiger partial charge in [0, 0.05) is 12.2 Å². The molecule has 1 saturated carbocycles. The molecular weight excluding hydrogens is 192 g/mol. The Morgan fingerprint density at radius 1 is 1.27 bits per heavy atom. The number of benzene rings is 1. The number of hydrogen-bond donors (Lipinski definition) is 1. The monoisotopic (exact) mass is 206 g/mol. The molecule has 0 spiro atoms. The molecule has 3 nitrogen and oxygen atoms in total. The van der Waals surface area contributed by atoms with Crippen LogP contribution in [0.1, 0.15) is 17.9 Å². The van der Waals surface area contributed by atoms with E-state index < -0.39 is 0 Å². The average Bonchev–Trinajstić information content (AvgIpc) is 3.07. The van der Waals surface area contributed by atoms with Crippen molar-refractivity contribution in [1.29, 1.82) is 0 Å². The molecule has 1 N–H and O–H groups in total. The van der Waals surface area contributed by atoms with Gasteiger partial charge in [-0.1, -0.05) is 12.1 Å². The van der Waals surface area contributed by atoms with E-state index >= 15 is 0 Å². The van der Waals surface area contributed by atoms with E-state index in [0.717, 1.165) is 17.9 Å². The maximum atomic E-state index is 9.07. The third kappa shape index (κ3) is 1.47. The zero-order chi connectivity index (χ0) is 10.3. The lowest BCUT2D eigenvalue weighted by Crippen LogP contribution is -2.16. The van der Waals surface area contributed by atoms with E-state index in [9.17, 15) is 0 Å². The lowest BCUT2D eigenvalue weighted by atomic mass is 10.1. The van der Waals surface area contributed by atoms with Gasteiger partial charge in [0.15, 0.2) is 11.5 Å². The zero-order valence-electron chi connectivity index (χ0n) is 8.48. The van der Waals surface area contributed by atoms with Crippen molar-refractivity contribution in [3.8, 4) is 11.5 Å². The first kappa shape index (κ1) is 9.04. The second-order valence-electron chi connectivity index (χ2n) is 4.16. The van der Waals surface area contributed by atoms with Gasteiger partial charge in [0.2, 0.25) is 0 Å². The third-order valence-corrected chi connectivity index (χ3v) is 3.15. The second kappa shape index (κ2) is 3.42. The molecule has 1 heterocycles. The Bertz CT molecular complexity index is 375. The van der Waals surface area contributed by atoms with Crippen LogP contribution in [-0.4, -0.2) is 24.9 Å². The number of rotatable bonds is 2. The molecule has 2 atom stereocenters. The first-order chi connectivity index (χ1) is 7.40. The summed E-state index contributed by atoms with van der Waals surface area (Å²) in [4.78, 5) is 0. The third-order valence-electron chi connectivity index (χ3n) is 3.15. The quantitative estimate of drug-likeness (QED) is 0.798. The van der Waals surface area contributed by atoms with Gasteiger partial charge >= 0.3 is 0 Å². The van der Waals surface area contributed by atoms with E-state index in [1.165, 1.54) is 5.56 Å². The number of aliphatic hydroxyl groups excluding tert-OH is 1. The number of aliphatic hydroxyl groups is 1. The van der Waals surface area contributed by atoms with Crippen LogP contribution in [0.2, 0.25) is 0 Å². The average molecular weight is 206 g/mol. The molecule has 0 bridgehead atoms. The van der Waals surface area contributed by atoms with Gasteiger partial charge in [0.25, 0.3) is 0 Å². The summed E-state index contributed by atoms with van der Waals surface area (Å²) in [5, 5.41) is 9.07. The van der Waals surface area contributed by atoms with E-state index in [2.05, 4.69) is 6.07 Å². The van der Waals surface area contributed by atoms with Crippen LogP contribution in [0.4, 0.5) is 0 Å². The molecule has 1 aliphatic heterocycles. The van der Waals surface area contributed by atoms with Crippen molar-refractivity contribution >= 4 is 0 Å². The Kier molecular flexibility index (Phi) is 2.06. The molecule has 1 aliphatic carbocycles. The maximum Gasteiger partial charge on any atom is 0.164 e. The molecule has 1 aromatic rings. The van der Waals surface area contributed by atoms with Gasteiger partial charge in [-0.2, -0.15) is 0 Å². The molecule has 15 heavy (non-hydrogen) atoms. The van der Waals surface area contributed by atoms with Crippen LogP contribution in [0.15, 0.2) is 18.2 Å². The van der Waals surface area contributed by atoms with Crippen molar-refractivity contribution in [2.24, 2.45) is 5.92 Å². The molecule has 1 aromatic carbocycles. The maximum absolute atomic E-state index is 9.07. The predicted octanol–water partition coefficient (Wildman–Crippen LogP) is 1.55. The van der Waals surface area contributed by atoms with Crippen molar-refractivity contribution in [2.75, 3.05) is 19.8 Å². The van der Waals surface area contributed by atoms with Crippen molar-refractivity contribution < 1.29 is 14.6 Å². The van der Waals surface area contributed by atoms with E-state index in [1.54, 1.807) is 0 Å². The molecule has 1 fully saturated rings. The number of para-hydroxylation sites is 1. The van der Waals surface area contributed by atoms with E-state index in [0.29, 0.717) is 25.0 Å². The first-order valence-electron chi connectivity index (χ1n) is 5.39. The van der Waals surface area contributed by atoms with Gasteiger partial charge in [-0.05, 0) is 24.3 Å². The lowest BCUT2D eigenvalue weighted by molar-refractivity contribution is 0.169. The fourth-order valence-corrected chi connectivity index (χ4v) is 2.22. The lowest BCUT2D eigenvalue weighted by Gasteiger charge is -2.21. The Balaban J connectivity index is 1.94. The molecule has 0 aromatic heterocycles. The van der Waals surface area contributed by atoms with Gasteiger partial charge in [0.05, 0.1) is 0 Å². The minimum absolute atomic E-state index is 0.273. The normalized spacial score (nSPS) is 27.5. The van der Waals surface area contributed by atoms with E-state index in [4.69, 9.17) is 14.6 Å². The van der Waals surface area contributed by atoms with Crippen molar-refractivity contribution in [3.05, 3.63) is 23.8 Å². The Morgan fingerprint density at radius 2 is 2.13 bits per heavy atom. The molecule has 0 saturated heterocycles. The number of fused-ring (bicyclic) bond motifs is 1. The number of hydrogen-bond acceptors (Lipinski definition) is 3. The SMILES string of the molecule is OC[C@@H]1C[C@H]1c1cccc2c1OCCO2. The molecule has 2 aliphatic rings. The molecule has 0 unspecified atom stereocenters. The topological polar surface area (TPSA) is 38.7 Å². The highest BCUT2D eigenvalue weighted by Gasteiger charge is 2.40. The van der Waals surface area contributed by atoms with Crippen LogP contribution in [0.25, 0.3) is 0 Å². The van der Waals surface area contributed by atoms with Crippen LogP contribution in [0.3, 0.4) is 0 Å². The summed E-state index contributed by atoms with van der Waals surface area (Å²) in [5.74, 6) is 2.63. The Hall–Kier alpha value is -1.22. The Morgan fingerprint density at radius 3 is 2.93 bits per heavy atom. The summed E-state index contributed by atoms with van der Waals surface area (Å²) in [7, 11) is 0. The van der Waals surface area contributed by atoms with Gasteiger partial charge in [-0.3, -0.25) is 0 Å². The van der Waals surface area contributed by atoms with E-state index in [-0.39, 0.29) is 6.61 Å². The minimum Gasteiger partial charge on any atom is -0.486 e. The van der Waals surface area contributed by atoms with Crippen LogP contribution in [0, 0.1) is 5.92 Å². The molecular formula is C12H14O3. The highest BCUT2D eigenvalue weighted by Crippen LogP contribution is 2.52. The molecule has 0 radical (unpaired) electrons. The summed E-state index contributed by atoms with van der Waals surface area (Å²) in [6, 6.07) is 6.01. The molecule has 3 rings (SSSR count). The van der Waals surface area contributed by atoms with Gasteiger partial charge in [-0.15, -0.1) is 0 Å². The van der Waals surface area contributed by atoms with Gasteiger partial charge in [0.1, 0.15) is 13.2 Å². The highest BCUT2D eigenvalue weighted by atomic mass is 16.6. The summed E-state index contributed by atoms with van der Waals surface area (Å²) in [6.45, 7) is 1.53. The van der Waals surface area contributed by atoms with Crippen LogP contribution in [0.5, 0.6) is 11.5 Å². The second-order valence-corrected chi connectivity index (χ2v) is 4.16. The smallest absolute Gasteiger partial charge is 0.164 e. The van der Waals surface area contributed by atoms with Crippen molar-refractivity contribution in [3.63, 3.8) is 0 Å². The molecule has 80 valence electrons. The standard InChI is InChI=1S/C12H14O3/c13-7-8-6-10(8)9-2-1-3-11-12(9)15-5-4-14-11/h1-3,8,10,13H,4-7H2/t8-,10+/m0/s1. The van der Waals surface area contributed by atoms with Crippen molar-refractivity contribution in [1.82, 2.24) is 0 Å². The zero-order valence-corrected chi connectivity index (χ0v) is 8.48. The predicted molar refractivity (Wildman–Crippen MR) is 55.4 cm³/mol. The summed E-state index contributed by atoms with van der Waals surface area (Å²) < 4.78 is 11.2. The van der Waals surface area contributed by atoms with Crippen molar-refractivity contribution in [2.45, 2.75) is 12.3 Å². The molecule has 0 amide bonds. The van der Waals surface area contributed by atoms with Crippen LogP contribution < -0.4 is 9.47 Å². The fraction of sp³-hybridized carbons (Fsp3) is 0.500. The largest absolute Gasteiger partial charge is 0.486 e. The Labute approximate surface area is 88.6 Å². The summed E-state index contributed by atoms with van der Waals surface area (Å²) >= 11 is 0. The van der Waals surface area contributed by atoms with E-state index in [1.807, 2.05) is 12.1 Å². The van der Waals surface area contributed by atoms with Crippen LogP contribution in [-0.2, 0) is 0 Å². The molecule has 3 heteroatoms. The van der Waals surface area contributed by atoms with Gasteiger partial charge in [-0.25, -0.2) is 0 Å². The summed E-state index contributed by atoms with van der Waals surface area (Å²) in [5.41, 5.74) is 1.20. The highest BCUT2D eigenvalue weighted by molar-refractivity contribution is 5.50. The number of ether oxygens (including phenoxy) is 2. The minimum atomic E-state index is 0.273. The summed E-state index contributed by atoms with van der Waals surface area (Å²) in [6.07, 6.45) is 1.07.